The van der Waals surface area contributed by atoms with Crippen molar-refractivity contribution in [2.24, 2.45) is 5.73 Å². The minimum Gasteiger partial charge on any atom is -0.504 e. The molecule has 18 heavy (non-hydrogen) atoms. The lowest BCUT2D eigenvalue weighted by Crippen LogP contribution is -2.35. The van der Waals surface area contributed by atoms with Gasteiger partial charge < -0.3 is 25.4 Å². The van der Waals surface area contributed by atoms with Gasteiger partial charge in [-0.2, -0.15) is 0 Å². The van der Waals surface area contributed by atoms with Gasteiger partial charge in [-0.3, -0.25) is 4.79 Å². The van der Waals surface area contributed by atoms with Crippen LogP contribution < -0.4 is 5.73 Å². The van der Waals surface area contributed by atoms with E-state index in [1.165, 1.54) is 19.2 Å². The van der Waals surface area contributed by atoms with Crippen LogP contribution in [-0.4, -0.2) is 42.5 Å². The topological polar surface area (TPSA) is 102 Å². The predicted octanol–water partition coefficient (Wildman–Crippen LogP) is 0.157. The first-order chi connectivity index (χ1) is 8.54. The van der Waals surface area contributed by atoms with Gasteiger partial charge in [0.1, 0.15) is 12.6 Å². The lowest BCUT2D eigenvalue weighted by atomic mass is 10.1. The van der Waals surface area contributed by atoms with Crippen LogP contribution >= 0.6 is 0 Å². The Bertz CT molecular complexity index is 407. The highest BCUT2D eigenvalue weighted by Crippen LogP contribution is 2.25. The van der Waals surface area contributed by atoms with Crippen molar-refractivity contribution in [3.63, 3.8) is 0 Å². The van der Waals surface area contributed by atoms with Gasteiger partial charge in [0.2, 0.25) is 0 Å². The molecule has 1 atom stereocenters. The Morgan fingerprint density at radius 2 is 2.06 bits per heavy atom. The molecule has 0 aliphatic rings. The fourth-order valence-electron chi connectivity index (χ4n) is 1.37. The molecule has 1 aromatic carbocycles. The van der Waals surface area contributed by atoms with E-state index < -0.39 is 12.0 Å². The Balaban J connectivity index is 2.50. The highest BCUT2D eigenvalue weighted by Gasteiger charge is 2.16. The van der Waals surface area contributed by atoms with E-state index in [4.69, 9.17) is 20.3 Å². The van der Waals surface area contributed by atoms with E-state index >= 15 is 0 Å². The molecule has 1 rings (SSSR count). The number of phenolic OH excluding ortho intramolecular Hbond substituents is 2. The van der Waals surface area contributed by atoms with E-state index in [1.807, 2.05) is 0 Å². The Labute approximate surface area is 105 Å². The fourth-order valence-corrected chi connectivity index (χ4v) is 1.37. The normalized spacial score (nSPS) is 12.1. The number of carbonyl (C=O) groups is 1. The molecule has 0 saturated carbocycles. The number of benzene rings is 1. The van der Waals surface area contributed by atoms with E-state index in [0.717, 1.165) is 0 Å². The first kappa shape index (κ1) is 14.3. The van der Waals surface area contributed by atoms with Gasteiger partial charge >= 0.3 is 5.97 Å². The quantitative estimate of drug-likeness (QED) is 0.380. The number of nitrogens with two attached hydrogens (primary N) is 1. The molecule has 0 fully saturated rings. The summed E-state index contributed by atoms with van der Waals surface area (Å²) in [6.07, 6.45) is 0.222. The zero-order chi connectivity index (χ0) is 13.5. The van der Waals surface area contributed by atoms with E-state index in [9.17, 15) is 9.90 Å². The van der Waals surface area contributed by atoms with Gasteiger partial charge in [0.25, 0.3) is 0 Å². The summed E-state index contributed by atoms with van der Waals surface area (Å²) >= 11 is 0. The largest absolute Gasteiger partial charge is 0.504 e. The second-order valence-corrected chi connectivity index (χ2v) is 3.79. The molecular formula is C12H17NO5. The van der Waals surface area contributed by atoms with Crippen molar-refractivity contribution in [1.82, 2.24) is 0 Å². The number of phenols is 2. The summed E-state index contributed by atoms with van der Waals surface area (Å²) in [4.78, 5) is 11.5. The van der Waals surface area contributed by atoms with Crippen LogP contribution in [0.1, 0.15) is 5.56 Å². The van der Waals surface area contributed by atoms with Crippen LogP contribution in [0.2, 0.25) is 0 Å². The Kier molecular flexibility index (Phi) is 5.41. The number of rotatable bonds is 6. The van der Waals surface area contributed by atoms with Crippen LogP contribution in [-0.2, 0) is 20.7 Å². The lowest BCUT2D eigenvalue weighted by Gasteiger charge is -2.11. The number of carbonyl (C=O) groups excluding carboxylic acids is 1. The maximum atomic E-state index is 11.5. The molecular weight excluding hydrogens is 238 g/mol. The molecule has 0 aliphatic heterocycles. The van der Waals surface area contributed by atoms with Crippen molar-refractivity contribution >= 4 is 5.97 Å². The van der Waals surface area contributed by atoms with Crippen LogP contribution in [0, 0.1) is 0 Å². The third-order valence-corrected chi connectivity index (χ3v) is 2.33. The van der Waals surface area contributed by atoms with Gasteiger partial charge in [0.05, 0.1) is 6.61 Å². The van der Waals surface area contributed by atoms with Crippen LogP contribution in [0.4, 0.5) is 0 Å². The van der Waals surface area contributed by atoms with Crippen molar-refractivity contribution < 1.29 is 24.5 Å². The molecule has 0 heterocycles. The number of hydrogen-bond acceptors (Lipinski definition) is 6. The number of ether oxygens (including phenoxy) is 2. The second-order valence-electron chi connectivity index (χ2n) is 3.79. The molecule has 6 nitrogen and oxygen atoms in total. The molecule has 0 spiro atoms. The monoisotopic (exact) mass is 255 g/mol. The summed E-state index contributed by atoms with van der Waals surface area (Å²) in [5.74, 6) is -0.984. The number of esters is 1. The summed E-state index contributed by atoms with van der Waals surface area (Å²) in [7, 11) is 1.51. The zero-order valence-electron chi connectivity index (χ0n) is 10.1. The standard InChI is InChI=1S/C12H17NO5/c1-17-4-5-18-12(16)9(13)6-8-2-3-10(14)11(15)7-8/h2-3,7,9,14-15H,4-6,13H2,1H3. The SMILES string of the molecule is COCCOC(=O)C(N)Cc1ccc(O)c(O)c1. The van der Waals surface area contributed by atoms with Crippen molar-refractivity contribution in [3.8, 4) is 11.5 Å². The molecule has 100 valence electrons. The molecule has 4 N–H and O–H groups in total. The predicted molar refractivity (Wildman–Crippen MR) is 64.3 cm³/mol. The number of aromatic hydroxyl groups is 2. The molecule has 0 saturated heterocycles. The van der Waals surface area contributed by atoms with Crippen LogP contribution in [0.3, 0.4) is 0 Å². The van der Waals surface area contributed by atoms with Crippen molar-refractivity contribution in [2.45, 2.75) is 12.5 Å². The Morgan fingerprint density at radius 3 is 2.67 bits per heavy atom. The van der Waals surface area contributed by atoms with E-state index in [2.05, 4.69) is 0 Å². The van der Waals surface area contributed by atoms with Crippen molar-refractivity contribution in [3.05, 3.63) is 23.8 Å². The summed E-state index contributed by atoms with van der Waals surface area (Å²) in [6.45, 7) is 0.475. The third-order valence-electron chi connectivity index (χ3n) is 2.33. The van der Waals surface area contributed by atoms with Crippen LogP contribution in [0.15, 0.2) is 18.2 Å². The van der Waals surface area contributed by atoms with Gasteiger partial charge in [0.15, 0.2) is 11.5 Å². The molecule has 1 aromatic rings. The molecule has 0 radical (unpaired) electrons. The van der Waals surface area contributed by atoms with Crippen LogP contribution in [0.25, 0.3) is 0 Å². The lowest BCUT2D eigenvalue weighted by molar-refractivity contribution is -0.146. The Morgan fingerprint density at radius 1 is 1.33 bits per heavy atom. The zero-order valence-corrected chi connectivity index (χ0v) is 10.1. The highest BCUT2D eigenvalue weighted by molar-refractivity contribution is 5.75. The minimum absolute atomic E-state index is 0.157. The second kappa shape index (κ2) is 6.83. The average molecular weight is 255 g/mol. The summed E-state index contributed by atoms with van der Waals surface area (Å²) in [5, 5.41) is 18.4. The molecule has 0 aromatic heterocycles. The van der Waals surface area contributed by atoms with Crippen molar-refractivity contribution in [1.29, 1.82) is 0 Å². The third kappa shape index (κ3) is 4.23. The average Bonchev–Trinajstić information content (AvgIpc) is 2.34. The number of methoxy groups -OCH3 is 1. The van der Waals surface area contributed by atoms with E-state index in [-0.39, 0.29) is 24.5 Å². The summed E-state index contributed by atoms with van der Waals surface area (Å²) < 4.78 is 9.61. The van der Waals surface area contributed by atoms with E-state index in [0.29, 0.717) is 12.2 Å². The van der Waals surface area contributed by atoms with Gasteiger partial charge in [-0.25, -0.2) is 0 Å². The highest BCUT2D eigenvalue weighted by atomic mass is 16.6. The Hall–Kier alpha value is -1.79. The fraction of sp³-hybridized carbons (Fsp3) is 0.417. The maximum absolute atomic E-state index is 11.5. The molecule has 6 heteroatoms. The van der Waals surface area contributed by atoms with Crippen molar-refractivity contribution in [2.75, 3.05) is 20.3 Å². The molecule has 0 bridgehead atoms. The molecule has 0 aliphatic carbocycles. The minimum atomic E-state index is -0.814. The van der Waals surface area contributed by atoms with Crippen LogP contribution in [0.5, 0.6) is 11.5 Å². The van der Waals surface area contributed by atoms with Gasteiger partial charge in [-0.15, -0.1) is 0 Å². The first-order valence-corrected chi connectivity index (χ1v) is 5.46. The first-order valence-electron chi connectivity index (χ1n) is 5.46. The molecule has 1 unspecified atom stereocenters. The van der Waals surface area contributed by atoms with Gasteiger partial charge in [0, 0.05) is 7.11 Å². The number of hydrogen-bond donors (Lipinski definition) is 3. The van der Waals surface area contributed by atoms with Gasteiger partial charge in [-0.1, -0.05) is 6.07 Å². The maximum Gasteiger partial charge on any atom is 0.323 e. The smallest absolute Gasteiger partial charge is 0.323 e. The summed E-state index contributed by atoms with van der Waals surface area (Å²) in [6, 6.07) is 3.47. The summed E-state index contributed by atoms with van der Waals surface area (Å²) in [5.41, 5.74) is 6.30. The molecule has 0 amide bonds. The van der Waals surface area contributed by atoms with Gasteiger partial charge in [-0.05, 0) is 24.1 Å². The van der Waals surface area contributed by atoms with E-state index in [1.54, 1.807) is 6.07 Å².